The van der Waals surface area contributed by atoms with Crippen molar-refractivity contribution < 1.29 is 4.74 Å². The first kappa shape index (κ1) is 7.20. The van der Waals surface area contributed by atoms with E-state index in [1.54, 1.807) is 12.0 Å². The van der Waals surface area contributed by atoms with Crippen molar-refractivity contribution in [1.29, 1.82) is 0 Å². The maximum Gasteiger partial charge on any atom is 0.109 e. The van der Waals surface area contributed by atoms with Crippen LogP contribution in [0.2, 0.25) is 0 Å². The molecular weight excluding hydrogens is 196 g/mol. The Morgan fingerprint density at radius 3 is 2.06 bits per heavy atom. The highest BCUT2D eigenvalue weighted by molar-refractivity contribution is 5.62. The zero-order chi connectivity index (χ0) is 10.2. The molecule has 7 saturated carbocycles. The number of hydrogen-bond acceptors (Lipinski definition) is 1. The van der Waals surface area contributed by atoms with Crippen LogP contribution < -0.4 is 0 Å². The smallest absolute Gasteiger partial charge is 0.109 e. The topological polar surface area (TPSA) is 12.5 Å². The molecule has 16 heavy (non-hydrogen) atoms. The minimum absolute atomic E-state index is 0.438. The molecule has 0 unspecified atom stereocenters. The SMILES string of the molecule is CC(C)=C1[C@H]2[C@H]3[C@H]4[C@H]5[C@H]3[C@H]1[C@]13O[C@]21[C@@H]4C[C@@H]53. The minimum atomic E-state index is 0.438. The molecule has 1 nitrogen and oxygen atoms in total. The lowest BCUT2D eigenvalue weighted by Gasteiger charge is -2.43. The van der Waals surface area contributed by atoms with Gasteiger partial charge in [0.2, 0.25) is 0 Å². The second-order valence-electron chi connectivity index (χ2n) is 7.86. The molecule has 8 aliphatic rings. The number of allylic oxidation sites excluding steroid dienone is 1. The third-order valence-electron chi connectivity index (χ3n) is 8.16. The number of rotatable bonds is 0. The van der Waals surface area contributed by atoms with Gasteiger partial charge in [0.25, 0.3) is 0 Å². The molecule has 1 heteroatoms. The Morgan fingerprint density at radius 1 is 1.00 bits per heavy atom. The molecule has 1 heterocycles. The van der Waals surface area contributed by atoms with Crippen LogP contribution in [0.25, 0.3) is 0 Å². The summed E-state index contributed by atoms with van der Waals surface area (Å²) in [5.74, 6) is 8.26. The molecule has 0 aromatic rings. The van der Waals surface area contributed by atoms with Gasteiger partial charge in [0.15, 0.2) is 0 Å². The van der Waals surface area contributed by atoms with Gasteiger partial charge in [-0.2, -0.15) is 0 Å². The van der Waals surface area contributed by atoms with Crippen LogP contribution in [0.4, 0.5) is 0 Å². The molecule has 0 N–H and O–H groups in total. The average molecular weight is 212 g/mol. The Morgan fingerprint density at radius 2 is 1.56 bits per heavy atom. The highest BCUT2D eigenvalue weighted by Crippen LogP contribution is 3.02. The van der Waals surface area contributed by atoms with Crippen molar-refractivity contribution in [2.75, 3.05) is 0 Å². The standard InChI is InChI=1S/C15H16O/c1-4(2)7-12-10-8-5-3-6-9(8)11(10)13(7)15(6)14(5,12)16-15/h5-6,8-13H,3H2,1-2H3/t5-,6+,8-,9+,10+,11-,12-,13-,14-,15+/m0/s1. The highest BCUT2D eigenvalue weighted by Gasteiger charge is 3.07. The largest absolute Gasteiger partial charge is 0.361 e. The Hall–Kier alpha value is -0.300. The van der Waals surface area contributed by atoms with E-state index in [0.717, 1.165) is 47.3 Å². The summed E-state index contributed by atoms with van der Waals surface area (Å²) in [7, 11) is 0. The van der Waals surface area contributed by atoms with Crippen LogP contribution >= 0.6 is 0 Å². The van der Waals surface area contributed by atoms with Crippen molar-refractivity contribution in [1.82, 2.24) is 0 Å². The van der Waals surface area contributed by atoms with Gasteiger partial charge in [-0.1, -0.05) is 11.1 Å². The number of ether oxygens (including phenoxy) is 1. The maximum absolute atomic E-state index is 6.53. The van der Waals surface area contributed by atoms with E-state index < -0.39 is 0 Å². The lowest BCUT2D eigenvalue weighted by molar-refractivity contribution is 0.0202. The molecule has 0 aromatic carbocycles. The van der Waals surface area contributed by atoms with Gasteiger partial charge in [0.1, 0.15) is 11.2 Å². The van der Waals surface area contributed by atoms with E-state index in [2.05, 4.69) is 13.8 Å². The predicted molar refractivity (Wildman–Crippen MR) is 57.5 cm³/mol. The van der Waals surface area contributed by atoms with Gasteiger partial charge in [-0.05, 0) is 55.8 Å². The molecule has 1 aliphatic heterocycles. The third kappa shape index (κ3) is 0.308. The number of hydrogen-bond donors (Lipinski definition) is 0. The van der Waals surface area contributed by atoms with E-state index >= 15 is 0 Å². The number of epoxide rings is 1. The highest BCUT2D eigenvalue weighted by atomic mass is 16.6. The summed E-state index contributed by atoms with van der Waals surface area (Å²) < 4.78 is 6.53. The molecule has 0 aromatic heterocycles. The summed E-state index contributed by atoms with van der Waals surface area (Å²) in [4.78, 5) is 0. The van der Waals surface area contributed by atoms with Crippen molar-refractivity contribution in [3.63, 3.8) is 0 Å². The van der Waals surface area contributed by atoms with E-state index in [-0.39, 0.29) is 0 Å². The van der Waals surface area contributed by atoms with Gasteiger partial charge >= 0.3 is 0 Å². The molecule has 0 amide bonds. The van der Waals surface area contributed by atoms with E-state index in [1.165, 1.54) is 0 Å². The molecule has 8 fully saturated rings. The summed E-state index contributed by atoms with van der Waals surface area (Å²) in [5, 5.41) is 0. The van der Waals surface area contributed by atoms with Crippen molar-refractivity contribution in [2.24, 2.45) is 47.3 Å². The van der Waals surface area contributed by atoms with Gasteiger partial charge in [0.05, 0.1) is 0 Å². The molecular formula is C15H16O. The van der Waals surface area contributed by atoms with Crippen LogP contribution in [0.15, 0.2) is 11.1 Å². The van der Waals surface area contributed by atoms with Crippen LogP contribution in [0.5, 0.6) is 0 Å². The van der Waals surface area contributed by atoms with Crippen LogP contribution in [0.1, 0.15) is 20.3 Å². The molecule has 10 atom stereocenters. The third-order valence-corrected chi connectivity index (χ3v) is 8.16. The quantitative estimate of drug-likeness (QED) is 0.443. The first-order valence-electron chi connectivity index (χ1n) is 7.12. The average Bonchev–Trinajstić information content (AvgIpc) is 2.36. The van der Waals surface area contributed by atoms with Crippen molar-refractivity contribution in [3.05, 3.63) is 11.1 Å². The molecule has 82 valence electrons. The molecule has 0 radical (unpaired) electrons. The summed E-state index contributed by atoms with van der Waals surface area (Å²) >= 11 is 0. The Labute approximate surface area is 95.2 Å². The molecule has 2 spiro atoms. The van der Waals surface area contributed by atoms with Crippen LogP contribution in [-0.2, 0) is 4.74 Å². The summed E-state index contributed by atoms with van der Waals surface area (Å²) in [6.07, 6.45) is 1.56. The van der Waals surface area contributed by atoms with Gasteiger partial charge in [-0.25, -0.2) is 0 Å². The van der Waals surface area contributed by atoms with E-state index in [1.807, 2.05) is 5.57 Å². The maximum atomic E-state index is 6.53. The van der Waals surface area contributed by atoms with Gasteiger partial charge < -0.3 is 4.74 Å². The second-order valence-corrected chi connectivity index (χ2v) is 7.86. The van der Waals surface area contributed by atoms with E-state index in [9.17, 15) is 0 Å². The fraction of sp³-hybridized carbons (Fsp3) is 0.867. The van der Waals surface area contributed by atoms with Crippen molar-refractivity contribution in [3.8, 4) is 0 Å². The van der Waals surface area contributed by atoms with Crippen molar-refractivity contribution >= 4 is 0 Å². The second kappa shape index (κ2) is 1.44. The van der Waals surface area contributed by atoms with E-state index in [0.29, 0.717) is 11.2 Å². The summed E-state index contributed by atoms with van der Waals surface area (Å²) in [6, 6.07) is 0. The molecule has 1 saturated heterocycles. The lowest BCUT2D eigenvalue weighted by atomic mass is 9.60. The minimum Gasteiger partial charge on any atom is -0.361 e. The zero-order valence-corrected chi connectivity index (χ0v) is 9.73. The monoisotopic (exact) mass is 212 g/mol. The first-order valence-corrected chi connectivity index (χ1v) is 7.12. The summed E-state index contributed by atoms with van der Waals surface area (Å²) in [5.41, 5.74) is 4.43. The Kier molecular flexibility index (Phi) is 0.651. The van der Waals surface area contributed by atoms with Crippen molar-refractivity contribution in [2.45, 2.75) is 31.5 Å². The van der Waals surface area contributed by atoms with E-state index in [4.69, 9.17) is 4.74 Å². The fourth-order valence-corrected chi connectivity index (χ4v) is 8.68. The predicted octanol–water partition coefficient (Wildman–Crippen LogP) is 2.23. The first-order chi connectivity index (χ1) is 7.75. The molecule has 8 rings (SSSR count). The fourth-order valence-electron chi connectivity index (χ4n) is 8.68. The normalized spacial score (nSPS) is 84.8. The Balaban J connectivity index is 1.72. The van der Waals surface area contributed by atoms with Gasteiger partial charge in [-0.15, -0.1) is 0 Å². The van der Waals surface area contributed by atoms with Crippen LogP contribution in [-0.4, -0.2) is 11.2 Å². The van der Waals surface area contributed by atoms with Crippen LogP contribution in [0, 0.1) is 47.3 Å². The molecule has 7 aliphatic carbocycles. The zero-order valence-electron chi connectivity index (χ0n) is 9.73. The van der Waals surface area contributed by atoms with Crippen LogP contribution in [0.3, 0.4) is 0 Å². The Bertz CT molecular complexity index is 504. The summed E-state index contributed by atoms with van der Waals surface area (Å²) in [6.45, 7) is 4.72. The van der Waals surface area contributed by atoms with Gasteiger partial charge in [-0.3, -0.25) is 0 Å². The molecule has 4 bridgehead atoms. The lowest BCUT2D eigenvalue weighted by Crippen LogP contribution is -2.41. The van der Waals surface area contributed by atoms with Gasteiger partial charge in [0, 0.05) is 11.8 Å².